The van der Waals surface area contributed by atoms with Crippen LogP contribution >= 0.6 is 0 Å². The Kier molecular flexibility index (Phi) is 2.83. The number of fused-ring (bicyclic) bond motifs is 1. The molecule has 2 N–H and O–H groups in total. The fourth-order valence-corrected chi connectivity index (χ4v) is 3.01. The Hall–Kier alpha value is -1.41. The lowest BCUT2D eigenvalue weighted by Crippen LogP contribution is -2.50. The minimum Gasteiger partial charge on any atom is -0.361 e. The molecule has 0 spiro atoms. The van der Waals surface area contributed by atoms with Gasteiger partial charge in [-0.25, -0.2) is 0 Å². The number of hydrogen-bond donors (Lipinski definition) is 2. The number of hydrogen-bond acceptors (Lipinski definition) is 4. The van der Waals surface area contributed by atoms with E-state index in [4.69, 9.17) is 4.74 Å². The van der Waals surface area contributed by atoms with E-state index in [1.165, 1.54) is 0 Å². The standard InChI is InChI=1S/C14H16N2O2/c15-9-11-4-1-3-10-6-8-18-14(17,13(10)11)12-5-2-7-16-12/h1,3-4,12,16-17H,2,5-8H2/t12-,14-/m0/s1. The van der Waals surface area contributed by atoms with Gasteiger partial charge < -0.3 is 15.2 Å². The van der Waals surface area contributed by atoms with E-state index in [0.29, 0.717) is 17.7 Å². The Morgan fingerprint density at radius 2 is 2.39 bits per heavy atom. The first kappa shape index (κ1) is 11.7. The molecule has 0 saturated carbocycles. The van der Waals surface area contributed by atoms with Crippen molar-refractivity contribution in [1.82, 2.24) is 5.32 Å². The molecule has 2 aliphatic heterocycles. The number of aliphatic hydroxyl groups is 1. The molecule has 0 aromatic heterocycles. The topological polar surface area (TPSA) is 65.3 Å². The van der Waals surface area contributed by atoms with Crippen LogP contribution in [0.5, 0.6) is 0 Å². The predicted molar refractivity (Wildman–Crippen MR) is 65.7 cm³/mol. The first-order valence-electron chi connectivity index (χ1n) is 6.38. The van der Waals surface area contributed by atoms with E-state index < -0.39 is 5.79 Å². The maximum Gasteiger partial charge on any atom is 0.209 e. The first-order valence-corrected chi connectivity index (χ1v) is 6.38. The van der Waals surface area contributed by atoms with Crippen LogP contribution in [0, 0.1) is 11.3 Å². The number of ether oxygens (including phenoxy) is 1. The van der Waals surface area contributed by atoms with Crippen molar-refractivity contribution < 1.29 is 9.84 Å². The van der Waals surface area contributed by atoms with Gasteiger partial charge in [0, 0.05) is 5.56 Å². The number of benzene rings is 1. The van der Waals surface area contributed by atoms with Gasteiger partial charge in [0.15, 0.2) is 0 Å². The van der Waals surface area contributed by atoms with Gasteiger partial charge in [-0.2, -0.15) is 5.26 Å². The average molecular weight is 244 g/mol. The van der Waals surface area contributed by atoms with Crippen LogP contribution in [-0.4, -0.2) is 24.3 Å². The maximum absolute atomic E-state index is 10.9. The highest BCUT2D eigenvalue weighted by molar-refractivity contribution is 5.47. The van der Waals surface area contributed by atoms with Crippen LogP contribution in [0.25, 0.3) is 0 Å². The lowest BCUT2D eigenvalue weighted by molar-refractivity contribution is -0.236. The first-order chi connectivity index (χ1) is 8.75. The van der Waals surface area contributed by atoms with Crippen LogP contribution in [-0.2, 0) is 16.9 Å². The zero-order valence-electron chi connectivity index (χ0n) is 10.1. The van der Waals surface area contributed by atoms with Crippen LogP contribution in [0.15, 0.2) is 18.2 Å². The van der Waals surface area contributed by atoms with Gasteiger partial charge >= 0.3 is 0 Å². The molecule has 1 fully saturated rings. The van der Waals surface area contributed by atoms with Crippen LogP contribution in [0.1, 0.15) is 29.5 Å². The molecule has 18 heavy (non-hydrogen) atoms. The summed E-state index contributed by atoms with van der Waals surface area (Å²) < 4.78 is 5.66. The van der Waals surface area contributed by atoms with Crippen molar-refractivity contribution >= 4 is 0 Å². The highest BCUT2D eigenvalue weighted by atomic mass is 16.6. The van der Waals surface area contributed by atoms with Crippen molar-refractivity contribution in [2.75, 3.05) is 13.2 Å². The monoisotopic (exact) mass is 244 g/mol. The van der Waals surface area contributed by atoms with E-state index in [1.807, 2.05) is 12.1 Å². The minimum absolute atomic E-state index is 0.119. The van der Waals surface area contributed by atoms with Crippen molar-refractivity contribution in [3.05, 3.63) is 34.9 Å². The summed E-state index contributed by atoms with van der Waals surface area (Å²) in [5.41, 5.74) is 2.21. The number of rotatable bonds is 1. The Balaban J connectivity index is 2.13. The molecule has 1 aromatic carbocycles. The van der Waals surface area contributed by atoms with Crippen molar-refractivity contribution in [2.45, 2.75) is 31.1 Å². The molecule has 4 heteroatoms. The quantitative estimate of drug-likeness (QED) is 0.774. The molecular weight excluding hydrogens is 228 g/mol. The van der Waals surface area contributed by atoms with Crippen LogP contribution in [0.2, 0.25) is 0 Å². The fraction of sp³-hybridized carbons (Fsp3) is 0.500. The van der Waals surface area contributed by atoms with Crippen LogP contribution < -0.4 is 5.32 Å². The molecule has 1 aromatic rings. The highest BCUT2D eigenvalue weighted by Gasteiger charge is 2.45. The number of nitriles is 1. The molecule has 1 saturated heterocycles. The molecule has 0 amide bonds. The van der Waals surface area contributed by atoms with E-state index in [1.54, 1.807) is 6.07 Å². The predicted octanol–water partition coefficient (Wildman–Crippen LogP) is 1.03. The van der Waals surface area contributed by atoms with Crippen molar-refractivity contribution in [1.29, 1.82) is 5.26 Å². The summed E-state index contributed by atoms with van der Waals surface area (Å²) in [5.74, 6) is -1.35. The third-order valence-corrected chi connectivity index (χ3v) is 3.86. The van der Waals surface area contributed by atoms with Gasteiger partial charge in [0.1, 0.15) is 0 Å². The number of nitrogens with zero attached hydrogens (tertiary/aromatic N) is 1. The van der Waals surface area contributed by atoms with Crippen molar-refractivity contribution in [3.8, 4) is 6.07 Å². The summed E-state index contributed by atoms with van der Waals surface area (Å²) >= 11 is 0. The molecule has 2 heterocycles. The molecule has 0 aliphatic carbocycles. The Morgan fingerprint density at radius 1 is 1.50 bits per heavy atom. The minimum atomic E-state index is -1.35. The molecule has 0 radical (unpaired) electrons. The maximum atomic E-state index is 10.9. The highest BCUT2D eigenvalue weighted by Crippen LogP contribution is 2.38. The SMILES string of the molecule is N#Cc1cccc2c1[C@](O)([C@@H]1CCCN1)OCC2. The zero-order chi connectivity index (χ0) is 12.6. The summed E-state index contributed by atoms with van der Waals surface area (Å²) in [6.45, 7) is 1.39. The lowest BCUT2D eigenvalue weighted by Gasteiger charge is -2.39. The third kappa shape index (κ3) is 1.64. The lowest BCUT2D eigenvalue weighted by atomic mass is 9.86. The average Bonchev–Trinajstić information content (AvgIpc) is 2.93. The van der Waals surface area contributed by atoms with Gasteiger partial charge in [-0.3, -0.25) is 0 Å². The molecular formula is C14H16N2O2. The van der Waals surface area contributed by atoms with Gasteiger partial charge in [0.2, 0.25) is 5.79 Å². The smallest absolute Gasteiger partial charge is 0.209 e. The molecule has 94 valence electrons. The van der Waals surface area contributed by atoms with Crippen LogP contribution in [0.3, 0.4) is 0 Å². The number of nitrogens with one attached hydrogen (secondary N) is 1. The summed E-state index contributed by atoms with van der Waals surface area (Å²) in [5, 5.41) is 23.4. The normalized spacial score (nSPS) is 30.8. The van der Waals surface area contributed by atoms with E-state index in [-0.39, 0.29) is 6.04 Å². The second kappa shape index (κ2) is 4.36. The van der Waals surface area contributed by atoms with E-state index in [2.05, 4.69) is 11.4 Å². The summed E-state index contributed by atoms with van der Waals surface area (Å²) in [7, 11) is 0. The van der Waals surface area contributed by atoms with Crippen LogP contribution in [0.4, 0.5) is 0 Å². The Morgan fingerprint density at radius 3 is 3.11 bits per heavy atom. The Labute approximate surface area is 106 Å². The van der Waals surface area contributed by atoms with E-state index >= 15 is 0 Å². The molecule has 0 unspecified atom stereocenters. The molecule has 4 nitrogen and oxygen atoms in total. The van der Waals surface area contributed by atoms with Gasteiger partial charge in [0.25, 0.3) is 0 Å². The second-order valence-electron chi connectivity index (χ2n) is 4.90. The third-order valence-electron chi connectivity index (χ3n) is 3.86. The largest absolute Gasteiger partial charge is 0.361 e. The van der Waals surface area contributed by atoms with E-state index in [0.717, 1.165) is 31.4 Å². The van der Waals surface area contributed by atoms with E-state index in [9.17, 15) is 10.4 Å². The molecule has 3 rings (SSSR count). The molecule has 2 atom stereocenters. The summed E-state index contributed by atoms with van der Waals surface area (Å²) in [4.78, 5) is 0. The molecule has 2 aliphatic rings. The van der Waals surface area contributed by atoms with Gasteiger partial charge in [-0.15, -0.1) is 0 Å². The van der Waals surface area contributed by atoms with Crippen molar-refractivity contribution in [2.24, 2.45) is 0 Å². The van der Waals surface area contributed by atoms with Gasteiger partial charge in [0.05, 0.1) is 24.3 Å². The second-order valence-corrected chi connectivity index (χ2v) is 4.90. The fourth-order valence-electron chi connectivity index (χ4n) is 3.01. The van der Waals surface area contributed by atoms with Crippen molar-refractivity contribution in [3.63, 3.8) is 0 Å². The summed E-state index contributed by atoms with van der Waals surface area (Å²) in [6.07, 6.45) is 2.65. The molecule has 0 bridgehead atoms. The van der Waals surface area contributed by atoms with Gasteiger partial charge in [-0.1, -0.05) is 12.1 Å². The summed E-state index contributed by atoms with van der Waals surface area (Å²) in [6, 6.07) is 7.63. The zero-order valence-corrected chi connectivity index (χ0v) is 10.1. The van der Waals surface area contributed by atoms with Gasteiger partial charge in [-0.05, 0) is 37.4 Å². The Bertz CT molecular complexity index is 503.